The molecule has 2 atom stereocenters. The number of amides is 1. The lowest BCUT2D eigenvalue weighted by atomic mass is 9.93. The summed E-state index contributed by atoms with van der Waals surface area (Å²) >= 11 is 0. The molecule has 0 radical (unpaired) electrons. The predicted octanol–water partition coefficient (Wildman–Crippen LogP) is 1.13. The molecule has 1 aliphatic rings. The van der Waals surface area contributed by atoms with Gasteiger partial charge in [-0.2, -0.15) is 10.2 Å². The Kier molecular flexibility index (Phi) is 4.71. The number of carbonyl (C=O) groups is 1. The molecule has 1 aliphatic carbocycles. The molecule has 7 heteroatoms. The molecule has 0 saturated heterocycles. The van der Waals surface area contributed by atoms with Gasteiger partial charge in [0.15, 0.2) is 0 Å². The van der Waals surface area contributed by atoms with E-state index >= 15 is 0 Å². The Bertz CT molecular complexity index is 716. The standard InChI is InChI=1S/C17H26N6O/c1-11(2)23-10-12-5-6-14(7-15(12)21-23)20-17(24)16(18-3)13-8-19-22(4)9-13/h8-11,14,16,18H,5-7H2,1-4H3,(H,20,24). The first kappa shape index (κ1) is 16.7. The molecule has 24 heavy (non-hydrogen) atoms. The Morgan fingerprint density at radius 2 is 2.17 bits per heavy atom. The number of nitrogens with one attached hydrogen (secondary N) is 2. The SMILES string of the molecule is CNC(C(=O)NC1CCc2cn(C(C)C)nc2C1)c1cnn(C)c1. The molecule has 130 valence electrons. The molecule has 2 aromatic heterocycles. The molecule has 0 bridgehead atoms. The smallest absolute Gasteiger partial charge is 0.242 e. The van der Waals surface area contributed by atoms with Crippen molar-refractivity contribution in [3.63, 3.8) is 0 Å². The van der Waals surface area contributed by atoms with Gasteiger partial charge in [0, 0.05) is 43.5 Å². The lowest BCUT2D eigenvalue weighted by molar-refractivity contribution is -0.124. The number of aromatic nitrogens is 4. The van der Waals surface area contributed by atoms with Crippen LogP contribution in [0.2, 0.25) is 0 Å². The van der Waals surface area contributed by atoms with Gasteiger partial charge >= 0.3 is 0 Å². The van der Waals surface area contributed by atoms with E-state index in [1.165, 1.54) is 5.56 Å². The summed E-state index contributed by atoms with van der Waals surface area (Å²) in [6, 6.07) is 0.115. The second-order valence-electron chi connectivity index (χ2n) is 6.79. The number of fused-ring (bicyclic) bond motifs is 1. The van der Waals surface area contributed by atoms with Crippen LogP contribution in [0.4, 0.5) is 0 Å². The zero-order valence-corrected chi connectivity index (χ0v) is 14.8. The Hall–Kier alpha value is -2.15. The molecule has 2 heterocycles. The maximum Gasteiger partial charge on any atom is 0.242 e. The molecule has 2 N–H and O–H groups in total. The Balaban J connectivity index is 1.66. The van der Waals surface area contributed by atoms with Gasteiger partial charge in [0.2, 0.25) is 5.91 Å². The summed E-state index contributed by atoms with van der Waals surface area (Å²) in [6.45, 7) is 4.26. The number of hydrogen-bond acceptors (Lipinski definition) is 4. The van der Waals surface area contributed by atoms with Crippen LogP contribution in [0.1, 0.15) is 49.2 Å². The summed E-state index contributed by atoms with van der Waals surface area (Å²) in [7, 11) is 3.64. The first-order chi connectivity index (χ1) is 11.5. The van der Waals surface area contributed by atoms with Crippen LogP contribution in [0.5, 0.6) is 0 Å². The largest absolute Gasteiger partial charge is 0.351 e. The molecule has 2 aromatic rings. The molecular formula is C17H26N6O. The van der Waals surface area contributed by atoms with Crippen molar-refractivity contribution in [2.24, 2.45) is 7.05 Å². The fourth-order valence-electron chi connectivity index (χ4n) is 3.22. The maximum atomic E-state index is 12.6. The minimum absolute atomic E-state index is 0.0118. The van der Waals surface area contributed by atoms with Gasteiger partial charge in [-0.25, -0.2) is 0 Å². The number of nitrogens with zero attached hydrogens (tertiary/aromatic N) is 4. The monoisotopic (exact) mass is 330 g/mol. The Labute approximate surface area is 142 Å². The van der Waals surface area contributed by atoms with Gasteiger partial charge in [0.25, 0.3) is 0 Å². The molecule has 0 spiro atoms. The third-order valence-electron chi connectivity index (χ3n) is 4.58. The Morgan fingerprint density at radius 1 is 1.38 bits per heavy atom. The fraction of sp³-hybridized carbons (Fsp3) is 0.588. The molecule has 3 rings (SSSR count). The summed E-state index contributed by atoms with van der Waals surface area (Å²) in [5, 5.41) is 15.1. The van der Waals surface area contributed by atoms with Gasteiger partial charge in [-0.3, -0.25) is 14.2 Å². The van der Waals surface area contributed by atoms with Gasteiger partial charge in [0.05, 0.1) is 11.9 Å². The van der Waals surface area contributed by atoms with Crippen LogP contribution in [-0.4, -0.2) is 38.6 Å². The third kappa shape index (κ3) is 3.36. The van der Waals surface area contributed by atoms with Crippen LogP contribution in [0.15, 0.2) is 18.6 Å². The fourth-order valence-corrected chi connectivity index (χ4v) is 3.22. The van der Waals surface area contributed by atoms with Crippen molar-refractivity contribution in [2.75, 3.05) is 7.05 Å². The molecular weight excluding hydrogens is 304 g/mol. The highest BCUT2D eigenvalue weighted by molar-refractivity contribution is 5.83. The molecule has 0 fully saturated rings. The molecule has 1 amide bonds. The number of likely N-dealkylation sites (N-methyl/N-ethyl adjacent to an activating group) is 1. The summed E-state index contributed by atoms with van der Waals surface area (Å²) in [5.41, 5.74) is 3.30. The number of carbonyl (C=O) groups excluding carboxylic acids is 1. The van der Waals surface area contributed by atoms with E-state index in [2.05, 4.69) is 40.9 Å². The topological polar surface area (TPSA) is 76.8 Å². The molecule has 7 nitrogen and oxygen atoms in total. The van der Waals surface area contributed by atoms with Crippen molar-refractivity contribution in [3.05, 3.63) is 35.4 Å². The van der Waals surface area contributed by atoms with Crippen molar-refractivity contribution < 1.29 is 4.79 Å². The second kappa shape index (κ2) is 6.76. The first-order valence-corrected chi connectivity index (χ1v) is 8.51. The average Bonchev–Trinajstić information content (AvgIpc) is 3.14. The van der Waals surface area contributed by atoms with Gasteiger partial charge < -0.3 is 10.6 Å². The first-order valence-electron chi connectivity index (χ1n) is 8.51. The van der Waals surface area contributed by atoms with E-state index in [-0.39, 0.29) is 18.0 Å². The van der Waals surface area contributed by atoms with Crippen molar-refractivity contribution >= 4 is 5.91 Å². The van der Waals surface area contributed by atoms with Crippen molar-refractivity contribution in [1.82, 2.24) is 30.2 Å². The van der Waals surface area contributed by atoms with Gasteiger partial charge in [-0.05, 0) is 39.3 Å². The van der Waals surface area contributed by atoms with Crippen LogP contribution in [0.3, 0.4) is 0 Å². The summed E-state index contributed by atoms with van der Waals surface area (Å²) < 4.78 is 3.72. The number of hydrogen-bond donors (Lipinski definition) is 2. The van der Waals surface area contributed by atoms with E-state index in [0.29, 0.717) is 6.04 Å². The number of aryl methyl sites for hydroxylation is 2. The molecule has 0 saturated carbocycles. The van der Waals surface area contributed by atoms with Crippen LogP contribution in [0, 0.1) is 0 Å². The summed E-state index contributed by atoms with van der Waals surface area (Å²) in [6.07, 6.45) is 8.44. The van der Waals surface area contributed by atoms with E-state index in [1.807, 2.05) is 17.9 Å². The molecule has 2 unspecified atom stereocenters. The Morgan fingerprint density at radius 3 is 2.79 bits per heavy atom. The zero-order valence-electron chi connectivity index (χ0n) is 14.8. The van der Waals surface area contributed by atoms with Crippen LogP contribution in [0.25, 0.3) is 0 Å². The normalized spacial score (nSPS) is 18.5. The van der Waals surface area contributed by atoms with Crippen molar-refractivity contribution in [2.45, 2.75) is 51.2 Å². The minimum Gasteiger partial charge on any atom is -0.351 e. The third-order valence-corrected chi connectivity index (χ3v) is 4.58. The lowest BCUT2D eigenvalue weighted by Gasteiger charge is -2.24. The van der Waals surface area contributed by atoms with Gasteiger partial charge in [-0.15, -0.1) is 0 Å². The molecule has 0 aromatic carbocycles. The van der Waals surface area contributed by atoms with Crippen molar-refractivity contribution in [3.8, 4) is 0 Å². The zero-order chi connectivity index (χ0) is 17.3. The lowest BCUT2D eigenvalue weighted by Crippen LogP contribution is -2.44. The minimum atomic E-state index is -0.381. The van der Waals surface area contributed by atoms with E-state index in [4.69, 9.17) is 0 Å². The van der Waals surface area contributed by atoms with Crippen LogP contribution in [-0.2, 0) is 24.7 Å². The van der Waals surface area contributed by atoms with Gasteiger partial charge in [0.1, 0.15) is 6.04 Å². The highest BCUT2D eigenvalue weighted by Crippen LogP contribution is 2.22. The van der Waals surface area contributed by atoms with E-state index < -0.39 is 0 Å². The average molecular weight is 330 g/mol. The van der Waals surface area contributed by atoms with E-state index in [0.717, 1.165) is 30.5 Å². The van der Waals surface area contributed by atoms with Crippen LogP contribution >= 0.6 is 0 Å². The second-order valence-corrected chi connectivity index (χ2v) is 6.79. The van der Waals surface area contributed by atoms with E-state index in [1.54, 1.807) is 17.9 Å². The quantitative estimate of drug-likeness (QED) is 0.862. The summed E-state index contributed by atoms with van der Waals surface area (Å²) in [5.74, 6) is -0.0118. The van der Waals surface area contributed by atoms with E-state index in [9.17, 15) is 4.79 Å². The maximum absolute atomic E-state index is 12.6. The highest BCUT2D eigenvalue weighted by atomic mass is 16.2. The summed E-state index contributed by atoms with van der Waals surface area (Å²) in [4.78, 5) is 12.6. The van der Waals surface area contributed by atoms with Crippen LogP contribution < -0.4 is 10.6 Å². The predicted molar refractivity (Wildman–Crippen MR) is 91.6 cm³/mol. The van der Waals surface area contributed by atoms with Crippen molar-refractivity contribution in [1.29, 1.82) is 0 Å². The number of rotatable bonds is 5. The molecule has 0 aliphatic heterocycles. The van der Waals surface area contributed by atoms with Gasteiger partial charge in [-0.1, -0.05) is 0 Å². The highest BCUT2D eigenvalue weighted by Gasteiger charge is 2.27.